The molecule has 164 valence electrons. The molecule has 0 radical (unpaired) electrons. The van der Waals surface area contributed by atoms with Gasteiger partial charge in [-0.25, -0.2) is 4.79 Å². The van der Waals surface area contributed by atoms with E-state index < -0.39 is 0 Å². The largest absolute Gasteiger partial charge is 0.352 e. The molecule has 0 spiro atoms. The molecule has 0 aromatic heterocycles. The molecule has 2 fully saturated rings. The van der Waals surface area contributed by atoms with Crippen LogP contribution in [-0.4, -0.2) is 60.0 Å². The SMILES string of the molecule is CC1CC(N2CCCC2)CN1C(=O)Nc1ccc(C(=O)NCCc2ccccc2)cc1. The van der Waals surface area contributed by atoms with Gasteiger partial charge in [0.15, 0.2) is 0 Å². The molecule has 2 heterocycles. The zero-order valence-corrected chi connectivity index (χ0v) is 18.2. The third-order valence-electron chi connectivity index (χ3n) is 6.41. The van der Waals surface area contributed by atoms with Crippen LogP contribution in [0.3, 0.4) is 0 Å². The molecule has 6 heteroatoms. The zero-order valence-electron chi connectivity index (χ0n) is 18.2. The lowest BCUT2D eigenvalue weighted by Gasteiger charge is -2.24. The summed E-state index contributed by atoms with van der Waals surface area (Å²) >= 11 is 0. The van der Waals surface area contributed by atoms with Gasteiger partial charge in [0.1, 0.15) is 0 Å². The highest BCUT2D eigenvalue weighted by atomic mass is 16.2. The van der Waals surface area contributed by atoms with Gasteiger partial charge in [0.05, 0.1) is 0 Å². The van der Waals surface area contributed by atoms with E-state index in [1.807, 2.05) is 23.1 Å². The Morgan fingerprint density at radius 1 is 1.00 bits per heavy atom. The van der Waals surface area contributed by atoms with E-state index in [1.54, 1.807) is 24.3 Å². The number of carbonyl (C=O) groups is 2. The van der Waals surface area contributed by atoms with Gasteiger partial charge in [0, 0.05) is 36.4 Å². The van der Waals surface area contributed by atoms with Crippen molar-refractivity contribution >= 4 is 17.6 Å². The van der Waals surface area contributed by atoms with Crippen molar-refractivity contribution in [3.8, 4) is 0 Å². The Labute approximate surface area is 184 Å². The molecule has 2 atom stereocenters. The van der Waals surface area contributed by atoms with Crippen molar-refractivity contribution in [3.05, 3.63) is 65.7 Å². The number of urea groups is 1. The summed E-state index contributed by atoms with van der Waals surface area (Å²) in [5.74, 6) is -0.101. The number of anilines is 1. The molecule has 3 amide bonds. The van der Waals surface area contributed by atoms with Crippen molar-refractivity contribution in [2.45, 2.75) is 44.7 Å². The van der Waals surface area contributed by atoms with Crippen molar-refractivity contribution in [2.24, 2.45) is 0 Å². The predicted octanol–water partition coefficient (Wildman–Crippen LogP) is 3.75. The molecule has 2 aliphatic rings. The van der Waals surface area contributed by atoms with Crippen molar-refractivity contribution in [1.29, 1.82) is 0 Å². The van der Waals surface area contributed by atoms with Crippen LogP contribution in [0.5, 0.6) is 0 Å². The number of nitrogens with zero attached hydrogens (tertiary/aromatic N) is 2. The van der Waals surface area contributed by atoms with Crippen LogP contribution >= 0.6 is 0 Å². The van der Waals surface area contributed by atoms with E-state index in [0.717, 1.165) is 32.5 Å². The fourth-order valence-corrected chi connectivity index (χ4v) is 4.62. The first-order valence-electron chi connectivity index (χ1n) is 11.3. The molecule has 0 aliphatic carbocycles. The fourth-order valence-electron chi connectivity index (χ4n) is 4.62. The highest BCUT2D eigenvalue weighted by Crippen LogP contribution is 2.25. The molecule has 2 aromatic rings. The van der Waals surface area contributed by atoms with Gasteiger partial charge in [0.2, 0.25) is 0 Å². The van der Waals surface area contributed by atoms with Gasteiger partial charge in [-0.15, -0.1) is 0 Å². The van der Waals surface area contributed by atoms with Gasteiger partial charge in [-0.1, -0.05) is 30.3 Å². The van der Waals surface area contributed by atoms with Crippen molar-refractivity contribution < 1.29 is 9.59 Å². The Morgan fingerprint density at radius 3 is 2.42 bits per heavy atom. The zero-order chi connectivity index (χ0) is 21.6. The molecule has 2 unspecified atom stereocenters. The summed E-state index contributed by atoms with van der Waals surface area (Å²) in [7, 11) is 0. The van der Waals surface area contributed by atoms with Crippen LogP contribution in [0.4, 0.5) is 10.5 Å². The third-order valence-corrected chi connectivity index (χ3v) is 6.41. The van der Waals surface area contributed by atoms with Crippen LogP contribution < -0.4 is 10.6 Å². The minimum absolute atomic E-state index is 0.0609. The summed E-state index contributed by atoms with van der Waals surface area (Å²) < 4.78 is 0. The number of carbonyl (C=O) groups excluding carboxylic acids is 2. The number of rotatable bonds is 6. The smallest absolute Gasteiger partial charge is 0.322 e. The van der Waals surface area contributed by atoms with E-state index in [2.05, 4.69) is 34.6 Å². The molecule has 0 saturated carbocycles. The van der Waals surface area contributed by atoms with Crippen molar-refractivity contribution in [2.75, 3.05) is 31.5 Å². The monoisotopic (exact) mass is 420 g/mol. The second-order valence-corrected chi connectivity index (χ2v) is 8.63. The Kier molecular flexibility index (Phi) is 6.87. The van der Waals surface area contributed by atoms with Crippen LogP contribution in [-0.2, 0) is 6.42 Å². The maximum Gasteiger partial charge on any atom is 0.322 e. The van der Waals surface area contributed by atoms with E-state index in [1.165, 1.54) is 18.4 Å². The lowest BCUT2D eigenvalue weighted by Crippen LogP contribution is -2.40. The van der Waals surface area contributed by atoms with Gasteiger partial charge in [-0.2, -0.15) is 0 Å². The number of benzene rings is 2. The fraction of sp³-hybridized carbons (Fsp3) is 0.440. The molecule has 2 aromatic carbocycles. The number of nitrogens with one attached hydrogen (secondary N) is 2. The molecule has 2 N–H and O–H groups in total. The summed E-state index contributed by atoms with van der Waals surface area (Å²) in [6, 6.07) is 17.8. The molecule has 2 aliphatic heterocycles. The van der Waals surface area contributed by atoms with Crippen LogP contribution in [0.2, 0.25) is 0 Å². The van der Waals surface area contributed by atoms with Gasteiger partial charge in [0.25, 0.3) is 5.91 Å². The van der Waals surface area contributed by atoms with Crippen LogP contribution in [0.15, 0.2) is 54.6 Å². The molecular weight excluding hydrogens is 388 g/mol. The maximum absolute atomic E-state index is 12.8. The average Bonchev–Trinajstić information content (AvgIpc) is 3.45. The van der Waals surface area contributed by atoms with Gasteiger partial charge < -0.3 is 15.5 Å². The van der Waals surface area contributed by atoms with E-state index >= 15 is 0 Å². The average molecular weight is 421 g/mol. The summed E-state index contributed by atoms with van der Waals surface area (Å²) in [5.41, 5.74) is 2.50. The third kappa shape index (κ3) is 5.44. The second kappa shape index (κ2) is 9.96. The summed E-state index contributed by atoms with van der Waals surface area (Å²) in [5, 5.41) is 5.94. The number of likely N-dealkylation sites (tertiary alicyclic amines) is 2. The van der Waals surface area contributed by atoms with Crippen molar-refractivity contribution in [3.63, 3.8) is 0 Å². The minimum atomic E-state index is -0.101. The quantitative estimate of drug-likeness (QED) is 0.748. The molecule has 2 saturated heterocycles. The highest BCUT2D eigenvalue weighted by Gasteiger charge is 2.36. The lowest BCUT2D eigenvalue weighted by atomic mass is 10.1. The summed E-state index contributed by atoms with van der Waals surface area (Å²) in [4.78, 5) is 29.6. The predicted molar refractivity (Wildman–Crippen MR) is 123 cm³/mol. The number of hydrogen-bond donors (Lipinski definition) is 2. The summed E-state index contributed by atoms with van der Waals surface area (Å²) in [6.45, 7) is 5.81. The second-order valence-electron chi connectivity index (χ2n) is 8.63. The van der Waals surface area contributed by atoms with E-state index in [4.69, 9.17) is 0 Å². The van der Waals surface area contributed by atoms with Crippen LogP contribution in [0, 0.1) is 0 Å². The molecular formula is C25H32N4O2. The molecule has 6 nitrogen and oxygen atoms in total. The summed E-state index contributed by atoms with van der Waals surface area (Å²) in [6.07, 6.45) is 4.37. The van der Waals surface area contributed by atoms with E-state index in [0.29, 0.717) is 23.8 Å². The standard InChI is InChI=1S/C25H32N4O2/c1-19-17-23(28-15-5-6-16-28)18-29(19)25(31)27-22-11-9-21(10-12-22)24(30)26-14-13-20-7-3-2-4-8-20/h2-4,7-12,19,23H,5-6,13-18H2,1H3,(H,26,30)(H,27,31). The Morgan fingerprint density at radius 2 is 1.71 bits per heavy atom. The van der Waals surface area contributed by atoms with E-state index in [-0.39, 0.29) is 18.0 Å². The van der Waals surface area contributed by atoms with Crippen molar-refractivity contribution in [1.82, 2.24) is 15.1 Å². The van der Waals surface area contributed by atoms with Crippen LogP contribution in [0.25, 0.3) is 0 Å². The highest BCUT2D eigenvalue weighted by molar-refractivity contribution is 5.95. The first-order chi connectivity index (χ1) is 15.1. The number of amides is 3. The number of hydrogen-bond acceptors (Lipinski definition) is 3. The van der Waals surface area contributed by atoms with E-state index in [9.17, 15) is 9.59 Å². The first kappa shape index (κ1) is 21.4. The molecule has 31 heavy (non-hydrogen) atoms. The minimum Gasteiger partial charge on any atom is -0.352 e. The van der Waals surface area contributed by atoms with Gasteiger partial charge >= 0.3 is 6.03 Å². The van der Waals surface area contributed by atoms with Crippen LogP contribution in [0.1, 0.15) is 42.1 Å². The topological polar surface area (TPSA) is 64.7 Å². The van der Waals surface area contributed by atoms with Gasteiger partial charge in [-0.05, 0) is 75.5 Å². The lowest BCUT2D eigenvalue weighted by molar-refractivity contribution is 0.0954. The normalized spacial score (nSPS) is 21.3. The Hall–Kier alpha value is -2.86. The Bertz CT molecular complexity index is 878. The molecule has 4 rings (SSSR count). The van der Waals surface area contributed by atoms with Gasteiger partial charge in [-0.3, -0.25) is 9.69 Å². The molecule has 0 bridgehead atoms. The first-order valence-corrected chi connectivity index (χ1v) is 11.3. The maximum atomic E-state index is 12.8. The Balaban J connectivity index is 1.26.